The third kappa shape index (κ3) is 3.11. The number of hydrogen-bond acceptors (Lipinski definition) is 2. The molecule has 2 aromatic carbocycles. The Labute approximate surface area is 135 Å². The monoisotopic (exact) mass is 372 g/mol. The molecule has 0 saturated carbocycles. The second-order valence-corrected chi connectivity index (χ2v) is 5.91. The lowest BCUT2D eigenvalue weighted by Crippen LogP contribution is -2.11. The van der Waals surface area contributed by atoms with Crippen molar-refractivity contribution in [1.29, 1.82) is 0 Å². The molecule has 0 spiro atoms. The zero-order chi connectivity index (χ0) is 14.9. The molecule has 20 heavy (non-hydrogen) atoms. The van der Waals surface area contributed by atoms with Crippen LogP contribution in [0.15, 0.2) is 34.8 Å². The van der Waals surface area contributed by atoms with Gasteiger partial charge in [-0.15, -0.1) is 0 Å². The van der Waals surface area contributed by atoms with Gasteiger partial charge >= 0.3 is 0 Å². The zero-order valence-electron chi connectivity index (χ0n) is 10.5. The smallest absolute Gasteiger partial charge is 0.161 e. The number of nitrogens with one attached hydrogen (secondary N) is 1. The molecule has 0 fully saturated rings. The summed E-state index contributed by atoms with van der Waals surface area (Å²) in [5.41, 5.74) is 8.02. The van der Waals surface area contributed by atoms with Gasteiger partial charge in [0.15, 0.2) is 5.82 Å². The number of nitrogens with two attached hydrogens (primary N) is 1. The van der Waals surface area contributed by atoms with E-state index < -0.39 is 5.82 Å². The number of thiocarbonyl (C=S) groups is 1. The Morgan fingerprint density at radius 3 is 2.65 bits per heavy atom. The van der Waals surface area contributed by atoms with Crippen LogP contribution in [0.1, 0.15) is 11.1 Å². The molecule has 0 atom stereocenters. The van der Waals surface area contributed by atoms with Crippen molar-refractivity contribution >= 4 is 56.1 Å². The zero-order valence-corrected chi connectivity index (χ0v) is 13.7. The van der Waals surface area contributed by atoms with Crippen molar-refractivity contribution in [3.05, 3.63) is 56.8 Å². The highest BCUT2D eigenvalue weighted by atomic mass is 79.9. The van der Waals surface area contributed by atoms with Crippen LogP contribution in [0.4, 0.5) is 15.8 Å². The lowest BCUT2D eigenvalue weighted by Gasteiger charge is -2.13. The molecule has 0 aliphatic carbocycles. The van der Waals surface area contributed by atoms with Crippen LogP contribution in [0.5, 0.6) is 0 Å². The summed E-state index contributed by atoms with van der Waals surface area (Å²) in [5.74, 6) is -0.449. The molecule has 0 bridgehead atoms. The fraction of sp³-hybridized carbons (Fsp3) is 0.0714. The van der Waals surface area contributed by atoms with Crippen LogP contribution >= 0.6 is 39.7 Å². The van der Waals surface area contributed by atoms with E-state index in [1.54, 1.807) is 24.3 Å². The summed E-state index contributed by atoms with van der Waals surface area (Å²) in [4.78, 5) is 0.140. The van der Waals surface area contributed by atoms with E-state index in [-0.39, 0.29) is 9.46 Å². The van der Waals surface area contributed by atoms with Crippen molar-refractivity contribution in [2.75, 3.05) is 5.32 Å². The summed E-state index contributed by atoms with van der Waals surface area (Å²) in [5, 5.41) is 3.60. The topological polar surface area (TPSA) is 38.0 Å². The van der Waals surface area contributed by atoms with Gasteiger partial charge in [-0.05, 0) is 52.7 Å². The van der Waals surface area contributed by atoms with Gasteiger partial charge in [-0.1, -0.05) is 29.9 Å². The van der Waals surface area contributed by atoms with Crippen LogP contribution in [0, 0.1) is 12.7 Å². The SMILES string of the molecule is Cc1ccc(Cl)cc1Nc1ccc(C(N)=S)c(Br)c1F. The van der Waals surface area contributed by atoms with E-state index >= 15 is 0 Å². The lowest BCUT2D eigenvalue weighted by atomic mass is 10.1. The van der Waals surface area contributed by atoms with Crippen molar-refractivity contribution in [3.63, 3.8) is 0 Å². The maximum absolute atomic E-state index is 14.3. The first kappa shape index (κ1) is 15.2. The van der Waals surface area contributed by atoms with Crippen LogP contribution in [0.2, 0.25) is 5.02 Å². The minimum Gasteiger partial charge on any atom is -0.389 e. The first-order chi connectivity index (χ1) is 9.40. The second-order valence-electron chi connectivity index (χ2n) is 4.24. The molecule has 2 nitrogen and oxygen atoms in total. The molecule has 0 unspecified atom stereocenters. The summed E-state index contributed by atoms with van der Waals surface area (Å²) in [6.07, 6.45) is 0. The summed E-state index contributed by atoms with van der Waals surface area (Å²) in [6, 6.07) is 8.64. The normalized spacial score (nSPS) is 10.4. The summed E-state index contributed by atoms with van der Waals surface area (Å²) in [6.45, 7) is 1.91. The van der Waals surface area contributed by atoms with Gasteiger partial charge in [0.05, 0.1) is 10.2 Å². The third-order valence-electron chi connectivity index (χ3n) is 2.82. The van der Waals surface area contributed by atoms with Gasteiger partial charge in [0.25, 0.3) is 0 Å². The number of anilines is 2. The van der Waals surface area contributed by atoms with Crippen molar-refractivity contribution in [1.82, 2.24) is 0 Å². The average Bonchev–Trinajstić information content (AvgIpc) is 2.39. The Kier molecular flexibility index (Phi) is 4.62. The van der Waals surface area contributed by atoms with Crippen molar-refractivity contribution < 1.29 is 4.39 Å². The molecule has 0 aliphatic heterocycles. The maximum Gasteiger partial charge on any atom is 0.161 e. The summed E-state index contributed by atoms with van der Waals surface area (Å²) >= 11 is 14.0. The van der Waals surface area contributed by atoms with Crippen LogP contribution in [0.3, 0.4) is 0 Å². The Balaban J connectivity index is 2.42. The van der Waals surface area contributed by atoms with Crippen molar-refractivity contribution in [2.45, 2.75) is 6.92 Å². The average molecular weight is 374 g/mol. The maximum atomic E-state index is 14.3. The lowest BCUT2D eigenvalue weighted by molar-refractivity contribution is 0.625. The van der Waals surface area contributed by atoms with E-state index in [9.17, 15) is 4.39 Å². The van der Waals surface area contributed by atoms with Crippen molar-refractivity contribution in [2.24, 2.45) is 5.73 Å². The predicted octanol–water partition coefficient (Wildman–Crippen LogP) is 4.93. The number of rotatable bonds is 3. The Hall–Kier alpha value is -1.17. The molecule has 0 heterocycles. The number of halogens is 3. The standard InChI is InChI=1S/C14H11BrClFN2S/c1-7-2-3-8(16)6-11(7)19-10-5-4-9(14(18)20)12(15)13(10)17/h2-6,19H,1H3,(H2,18,20). The molecule has 2 aromatic rings. The van der Waals surface area contributed by atoms with E-state index in [0.717, 1.165) is 11.3 Å². The minimum absolute atomic E-state index is 0.140. The first-order valence-electron chi connectivity index (χ1n) is 5.71. The Bertz CT molecular complexity index is 691. The molecule has 0 saturated heterocycles. The molecule has 0 radical (unpaired) electrons. The largest absolute Gasteiger partial charge is 0.389 e. The number of aryl methyl sites for hydroxylation is 1. The van der Waals surface area contributed by atoms with Gasteiger partial charge in [0, 0.05) is 16.3 Å². The number of hydrogen-bond donors (Lipinski definition) is 2. The van der Waals surface area contributed by atoms with Gasteiger partial charge in [0.2, 0.25) is 0 Å². The molecule has 0 amide bonds. The molecule has 2 rings (SSSR count). The highest BCUT2D eigenvalue weighted by Crippen LogP contribution is 2.31. The van der Waals surface area contributed by atoms with Gasteiger partial charge in [-0.2, -0.15) is 0 Å². The van der Waals surface area contributed by atoms with Crippen LogP contribution in [-0.4, -0.2) is 4.99 Å². The second kappa shape index (κ2) is 6.08. The van der Waals surface area contributed by atoms with Crippen LogP contribution in [-0.2, 0) is 0 Å². The quantitative estimate of drug-likeness (QED) is 0.749. The van der Waals surface area contributed by atoms with E-state index in [1.807, 2.05) is 13.0 Å². The Morgan fingerprint density at radius 2 is 2.00 bits per heavy atom. The summed E-state index contributed by atoms with van der Waals surface area (Å²) < 4.78 is 14.5. The summed E-state index contributed by atoms with van der Waals surface area (Å²) in [7, 11) is 0. The molecular weight excluding hydrogens is 363 g/mol. The van der Waals surface area contributed by atoms with Gasteiger partial charge in [0.1, 0.15) is 4.99 Å². The molecule has 0 aliphatic rings. The predicted molar refractivity (Wildman–Crippen MR) is 89.5 cm³/mol. The van der Waals surface area contributed by atoms with Gasteiger partial charge < -0.3 is 11.1 Å². The highest BCUT2D eigenvalue weighted by molar-refractivity contribution is 9.10. The van der Waals surface area contributed by atoms with E-state index in [4.69, 9.17) is 29.6 Å². The molecule has 104 valence electrons. The van der Waals surface area contributed by atoms with Gasteiger partial charge in [-0.3, -0.25) is 0 Å². The van der Waals surface area contributed by atoms with Gasteiger partial charge in [-0.25, -0.2) is 4.39 Å². The number of benzene rings is 2. The third-order valence-corrected chi connectivity index (χ3v) is 4.05. The van der Waals surface area contributed by atoms with Crippen molar-refractivity contribution in [3.8, 4) is 0 Å². The Morgan fingerprint density at radius 1 is 1.30 bits per heavy atom. The molecular formula is C14H11BrClFN2S. The van der Waals surface area contributed by atoms with Crippen LogP contribution < -0.4 is 11.1 Å². The molecule has 3 N–H and O–H groups in total. The minimum atomic E-state index is -0.449. The first-order valence-corrected chi connectivity index (χ1v) is 7.29. The van der Waals surface area contributed by atoms with E-state index in [0.29, 0.717) is 16.3 Å². The molecule has 6 heteroatoms. The van der Waals surface area contributed by atoms with Crippen LogP contribution in [0.25, 0.3) is 0 Å². The highest BCUT2D eigenvalue weighted by Gasteiger charge is 2.13. The van der Waals surface area contributed by atoms with E-state index in [2.05, 4.69) is 21.2 Å². The van der Waals surface area contributed by atoms with E-state index in [1.165, 1.54) is 0 Å². The fourth-order valence-corrected chi connectivity index (χ4v) is 2.74. The molecule has 0 aromatic heterocycles. The fourth-order valence-electron chi connectivity index (χ4n) is 1.71.